The Hall–Kier alpha value is -1.65. The fraction of sp³-hybridized carbons (Fsp3) is 0.941. The van der Waals surface area contributed by atoms with Gasteiger partial charge in [0.25, 0.3) is 0 Å². The van der Waals surface area contributed by atoms with Crippen LogP contribution >= 0.6 is 0 Å². The molecular weight excluding hydrogens is 976 g/mol. The number of alkyl halides is 17. The van der Waals surface area contributed by atoms with Crippen molar-refractivity contribution >= 4 is 11.9 Å². The molecule has 0 bridgehead atoms. The second-order valence-electron chi connectivity index (χ2n) is 15.0. The summed E-state index contributed by atoms with van der Waals surface area (Å²) in [6.45, 7) is -4.60. The molecule has 1 amide bonds. The van der Waals surface area contributed by atoms with Crippen LogP contribution in [0.25, 0.3) is 0 Å². The summed E-state index contributed by atoms with van der Waals surface area (Å²) in [6.07, 6.45) is -31.4. The van der Waals surface area contributed by atoms with Gasteiger partial charge in [-0.1, -0.05) is 38.5 Å². The monoisotopic (exact) mass is 1020 g/mol. The molecule has 1 fully saturated rings. The largest absolute Gasteiger partial charge is 1.00 e. The summed E-state index contributed by atoms with van der Waals surface area (Å²) in [5.41, 5.74) is 0. The van der Waals surface area contributed by atoms with Crippen LogP contribution in [-0.4, -0.2) is 187 Å². The molecule has 1 aliphatic heterocycles. The SMILES string of the molecule is O=C([O-])CCCCCCCCCCN(C[C@H](O)[C@@H](O)[C@H](O[C@@H]1O[C@H](CO)[C@H](O)[C@H](O)[C@H]1O)[C@H](O)CO)C(=O)CCC(F)(F)C(F)(F)C(F)(F)C(F)(F)C(F)(F)C(F)(F)C(F)(F)C(F)(F)F.[Na+]. The molecule has 0 spiro atoms. The van der Waals surface area contributed by atoms with Gasteiger partial charge in [0.05, 0.1) is 13.2 Å². The minimum absolute atomic E-state index is 0. The molecule has 66 heavy (non-hydrogen) atoms. The molecule has 1 saturated heterocycles. The van der Waals surface area contributed by atoms with Crippen LogP contribution in [0.5, 0.6) is 0 Å². The maximum atomic E-state index is 14.7. The van der Waals surface area contributed by atoms with E-state index in [0.717, 1.165) is 0 Å². The van der Waals surface area contributed by atoms with Crippen molar-refractivity contribution in [2.24, 2.45) is 0 Å². The molecule has 9 atom stereocenters. The standard InChI is InChI=1S/C34H48F17NO13.Na/c35-27(36,28(37,38)29(39,40)30(41,42)31(43,44)32(45,46)33(47,48)34(49,50)51)11-10-19(57)52(12-8-6-4-2-1-3-5-7-9-20(58)59)13-16(55)21(60)25(17(56)14-53)65-26-24(63)23(62)22(61)18(15-54)64-26;/h16-18,21-26,53-56,60-63H,1-15H2,(H,58,59);/q;+1/p-1/t16-,17+,18+,21+,22-,23-,24+,25+,26-;/m0./s1. The molecule has 0 saturated carbocycles. The zero-order valence-electron chi connectivity index (χ0n) is 34.3. The van der Waals surface area contributed by atoms with E-state index in [1.54, 1.807) is 0 Å². The van der Waals surface area contributed by atoms with Gasteiger partial charge in [-0.05, 0) is 19.3 Å². The molecule has 32 heteroatoms. The van der Waals surface area contributed by atoms with Crippen LogP contribution in [-0.2, 0) is 19.1 Å². The van der Waals surface area contributed by atoms with Crippen LogP contribution in [0.15, 0.2) is 0 Å². The third-order valence-electron chi connectivity index (χ3n) is 10.2. The fourth-order valence-electron chi connectivity index (χ4n) is 6.12. The Kier molecular flexibility index (Phi) is 24.3. The van der Waals surface area contributed by atoms with Gasteiger partial charge in [-0.2, -0.15) is 74.6 Å². The third-order valence-corrected chi connectivity index (χ3v) is 10.2. The van der Waals surface area contributed by atoms with Crippen LogP contribution in [0.2, 0.25) is 0 Å². The number of carbonyl (C=O) groups is 2. The molecule has 0 radical (unpaired) electrons. The van der Waals surface area contributed by atoms with Crippen molar-refractivity contribution in [2.75, 3.05) is 26.3 Å². The molecule has 0 aromatic rings. The molecule has 14 nitrogen and oxygen atoms in total. The first-order chi connectivity index (χ1) is 29.4. The smallest absolute Gasteiger partial charge is 0.550 e. The average Bonchev–Trinajstić information content (AvgIpc) is 3.20. The maximum absolute atomic E-state index is 14.7. The Balaban J connectivity index is 0.0000422. The van der Waals surface area contributed by atoms with E-state index in [4.69, 9.17) is 9.47 Å². The fourth-order valence-corrected chi connectivity index (χ4v) is 6.12. The molecule has 0 unspecified atom stereocenters. The molecule has 8 N–H and O–H groups in total. The van der Waals surface area contributed by atoms with E-state index >= 15 is 0 Å². The van der Waals surface area contributed by atoms with Gasteiger partial charge in [0.15, 0.2) is 6.29 Å². The summed E-state index contributed by atoms with van der Waals surface area (Å²) in [7, 11) is 0. The number of carboxylic acids is 1. The summed E-state index contributed by atoms with van der Waals surface area (Å²) in [6, 6.07) is 0. The molecule has 1 rings (SSSR count). The van der Waals surface area contributed by atoms with Gasteiger partial charge in [-0.3, -0.25) is 4.79 Å². The second kappa shape index (κ2) is 25.0. The summed E-state index contributed by atoms with van der Waals surface area (Å²) < 4.78 is 244. The quantitative estimate of drug-likeness (QED) is 0.0259. The average molecular weight is 1020 g/mol. The molecular formula is C34H47F17NNaO13. The van der Waals surface area contributed by atoms with Gasteiger partial charge in [-0.25, -0.2) is 0 Å². The number of aliphatic hydroxyl groups excluding tert-OH is 8. The Morgan fingerprint density at radius 3 is 1.48 bits per heavy atom. The Morgan fingerprint density at radius 2 is 1.05 bits per heavy atom. The topological polar surface area (TPSA) is 241 Å². The number of aliphatic hydroxyl groups is 8. The zero-order chi connectivity index (χ0) is 50.9. The first-order valence-electron chi connectivity index (χ1n) is 19.2. The second-order valence-corrected chi connectivity index (χ2v) is 15.0. The molecule has 1 aliphatic rings. The van der Waals surface area contributed by atoms with Gasteiger partial charge in [-0.15, -0.1) is 0 Å². The van der Waals surface area contributed by atoms with Crippen LogP contribution in [0.1, 0.15) is 70.6 Å². The number of halogens is 17. The van der Waals surface area contributed by atoms with Gasteiger partial charge >= 0.3 is 77.2 Å². The van der Waals surface area contributed by atoms with Crippen LogP contribution in [0, 0.1) is 0 Å². The first kappa shape index (κ1) is 64.3. The first-order valence-corrected chi connectivity index (χ1v) is 19.2. The predicted octanol–water partition coefficient (Wildman–Crippen LogP) is -0.870. The van der Waals surface area contributed by atoms with E-state index in [0.29, 0.717) is 25.7 Å². The third kappa shape index (κ3) is 14.2. The van der Waals surface area contributed by atoms with Crippen LogP contribution in [0.4, 0.5) is 74.6 Å². The van der Waals surface area contributed by atoms with Crippen molar-refractivity contribution in [3.63, 3.8) is 0 Å². The number of ether oxygens (including phenoxy) is 2. The van der Waals surface area contributed by atoms with Gasteiger partial charge in [0.2, 0.25) is 5.91 Å². The summed E-state index contributed by atoms with van der Waals surface area (Å²) in [5.74, 6) is -61.6. The maximum Gasteiger partial charge on any atom is 1.00 e. The van der Waals surface area contributed by atoms with Gasteiger partial charge in [0, 0.05) is 31.9 Å². The molecule has 0 aliphatic carbocycles. The van der Waals surface area contributed by atoms with E-state index in [1.165, 1.54) is 0 Å². The minimum Gasteiger partial charge on any atom is -0.550 e. The molecule has 0 aromatic heterocycles. The number of rotatable bonds is 29. The summed E-state index contributed by atoms with van der Waals surface area (Å²) in [5, 5.41) is 91.6. The summed E-state index contributed by atoms with van der Waals surface area (Å²) >= 11 is 0. The van der Waals surface area contributed by atoms with E-state index < -0.39 is 154 Å². The Labute approximate surface area is 384 Å². The molecule has 0 aromatic carbocycles. The van der Waals surface area contributed by atoms with Crippen molar-refractivity contribution in [1.29, 1.82) is 0 Å². The number of amides is 1. The van der Waals surface area contributed by atoms with E-state index in [-0.39, 0.29) is 66.6 Å². The predicted molar refractivity (Wildman–Crippen MR) is 177 cm³/mol. The number of nitrogens with zero attached hydrogens (tertiary/aromatic N) is 1. The van der Waals surface area contributed by atoms with Crippen LogP contribution < -0.4 is 34.7 Å². The molecule has 386 valence electrons. The van der Waals surface area contributed by atoms with Crippen molar-refractivity contribution in [1.82, 2.24) is 4.90 Å². The normalized spacial score (nSPS) is 22.6. The Morgan fingerprint density at radius 1 is 0.606 bits per heavy atom. The number of carboxylic acid groups (broad SMARTS) is 1. The van der Waals surface area contributed by atoms with E-state index in [9.17, 15) is 130 Å². The van der Waals surface area contributed by atoms with Crippen molar-refractivity contribution in [3.05, 3.63) is 0 Å². The van der Waals surface area contributed by atoms with E-state index in [2.05, 4.69) is 0 Å². The molecule has 1 heterocycles. The van der Waals surface area contributed by atoms with E-state index in [1.807, 2.05) is 0 Å². The number of aliphatic carboxylic acids is 1. The van der Waals surface area contributed by atoms with Gasteiger partial charge in [0.1, 0.15) is 48.8 Å². The van der Waals surface area contributed by atoms with Crippen LogP contribution in [0.3, 0.4) is 0 Å². The number of hydrogen-bond acceptors (Lipinski definition) is 13. The van der Waals surface area contributed by atoms with Crippen molar-refractivity contribution < 1.29 is 169 Å². The van der Waals surface area contributed by atoms with Crippen molar-refractivity contribution in [2.45, 2.75) is 173 Å². The van der Waals surface area contributed by atoms with Gasteiger partial charge < -0.3 is 65.1 Å². The Bertz CT molecular complexity index is 1500. The number of unbranched alkanes of at least 4 members (excludes halogenated alkanes) is 7. The zero-order valence-corrected chi connectivity index (χ0v) is 36.3. The van der Waals surface area contributed by atoms with Crippen molar-refractivity contribution in [3.8, 4) is 0 Å². The number of carbonyl (C=O) groups excluding carboxylic acids is 2. The minimum atomic E-state index is -8.86. The summed E-state index contributed by atoms with van der Waals surface area (Å²) in [4.78, 5) is 23.8. The number of hydrogen-bond donors (Lipinski definition) is 8.